The van der Waals surface area contributed by atoms with E-state index in [0.717, 1.165) is 10.1 Å². The molecule has 1 aliphatic carbocycles. The lowest BCUT2D eigenvalue weighted by molar-refractivity contribution is 0.511. The van der Waals surface area contributed by atoms with Crippen LogP contribution in [-0.2, 0) is 0 Å². The van der Waals surface area contributed by atoms with Crippen LogP contribution >= 0.6 is 11.3 Å². The number of nitrogens with two attached hydrogens (primary N) is 1. The van der Waals surface area contributed by atoms with Gasteiger partial charge in [0, 0.05) is 5.54 Å². The minimum absolute atomic E-state index is 0.310. The first kappa shape index (κ1) is 8.81. The number of nitrogens with one attached hydrogen (secondary N) is 1. The van der Waals surface area contributed by atoms with Gasteiger partial charge < -0.3 is 11.1 Å². The molecule has 0 aromatic carbocycles. The van der Waals surface area contributed by atoms with Gasteiger partial charge in [-0.05, 0) is 18.8 Å². The van der Waals surface area contributed by atoms with Crippen molar-refractivity contribution in [2.75, 3.05) is 11.1 Å². The van der Waals surface area contributed by atoms with Gasteiger partial charge in [0.2, 0.25) is 0 Å². The minimum atomic E-state index is 0.310. The molecule has 1 aromatic heterocycles. The Kier molecular flexibility index (Phi) is 1.95. The summed E-state index contributed by atoms with van der Waals surface area (Å²) in [4.78, 5) is 4.21. The van der Waals surface area contributed by atoms with Gasteiger partial charge in [-0.25, -0.2) is 4.98 Å². The van der Waals surface area contributed by atoms with Gasteiger partial charge in [0.05, 0.1) is 6.20 Å². The maximum atomic E-state index is 5.61. The molecule has 3 nitrogen and oxygen atoms in total. The Hall–Kier alpha value is -0.770. The van der Waals surface area contributed by atoms with Gasteiger partial charge >= 0.3 is 0 Å². The molecule has 3 N–H and O–H groups in total. The van der Waals surface area contributed by atoms with Crippen molar-refractivity contribution >= 4 is 21.5 Å². The van der Waals surface area contributed by atoms with Crippen molar-refractivity contribution in [2.24, 2.45) is 5.92 Å². The van der Waals surface area contributed by atoms with E-state index in [1.165, 1.54) is 24.2 Å². The predicted octanol–water partition coefficient (Wildman–Crippen LogP) is 2.33. The quantitative estimate of drug-likeness (QED) is 0.782. The lowest BCUT2D eigenvalue weighted by Gasteiger charge is -2.20. The van der Waals surface area contributed by atoms with Gasteiger partial charge in [-0.15, -0.1) is 0 Å². The molecule has 1 fully saturated rings. The molecule has 0 atom stereocenters. The van der Waals surface area contributed by atoms with Crippen LogP contribution in [0.1, 0.15) is 26.7 Å². The number of thiazole rings is 1. The van der Waals surface area contributed by atoms with Crippen LogP contribution in [0.3, 0.4) is 0 Å². The summed E-state index contributed by atoms with van der Waals surface area (Å²) in [5.41, 5.74) is 5.92. The Labute approximate surface area is 82.4 Å². The van der Waals surface area contributed by atoms with Crippen LogP contribution in [0.15, 0.2) is 6.20 Å². The molecular weight excluding hydrogens is 182 g/mol. The van der Waals surface area contributed by atoms with E-state index in [4.69, 9.17) is 5.73 Å². The van der Waals surface area contributed by atoms with Gasteiger partial charge in [-0.3, -0.25) is 0 Å². The smallest absolute Gasteiger partial charge is 0.185 e. The molecule has 4 heteroatoms. The van der Waals surface area contributed by atoms with Crippen LogP contribution in [-0.4, -0.2) is 10.5 Å². The zero-order valence-electron chi connectivity index (χ0n) is 8.00. The van der Waals surface area contributed by atoms with Crippen molar-refractivity contribution in [3.8, 4) is 0 Å². The molecule has 0 unspecified atom stereocenters. The molecule has 1 heterocycles. The minimum Gasteiger partial charge on any atom is -0.389 e. The topological polar surface area (TPSA) is 50.9 Å². The maximum absolute atomic E-state index is 5.61. The second kappa shape index (κ2) is 2.87. The highest BCUT2D eigenvalue weighted by atomic mass is 32.1. The van der Waals surface area contributed by atoms with Crippen molar-refractivity contribution in [1.29, 1.82) is 0 Å². The zero-order valence-corrected chi connectivity index (χ0v) is 8.82. The van der Waals surface area contributed by atoms with Crippen molar-refractivity contribution < 1.29 is 0 Å². The van der Waals surface area contributed by atoms with E-state index in [2.05, 4.69) is 24.1 Å². The summed E-state index contributed by atoms with van der Waals surface area (Å²) in [5.74, 6) is 0.664. The van der Waals surface area contributed by atoms with Crippen LogP contribution in [0.2, 0.25) is 0 Å². The second-order valence-corrected chi connectivity index (χ2v) is 5.07. The molecule has 0 bridgehead atoms. The molecule has 1 aromatic rings. The molecule has 0 amide bonds. The van der Waals surface area contributed by atoms with Gasteiger partial charge in [-0.1, -0.05) is 25.2 Å². The molecule has 2 rings (SSSR count). The van der Waals surface area contributed by atoms with Crippen molar-refractivity contribution in [1.82, 2.24) is 4.98 Å². The van der Waals surface area contributed by atoms with E-state index in [0.29, 0.717) is 11.5 Å². The number of nitrogen functional groups attached to an aromatic ring is 1. The molecule has 1 aliphatic rings. The van der Waals surface area contributed by atoms with E-state index >= 15 is 0 Å². The third-order valence-corrected chi connectivity index (χ3v) is 3.52. The summed E-state index contributed by atoms with van der Waals surface area (Å²) in [6, 6.07) is 0. The average Bonchev–Trinajstić information content (AvgIpc) is 2.72. The van der Waals surface area contributed by atoms with Gasteiger partial charge in [0.1, 0.15) is 5.00 Å². The summed E-state index contributed by atoms with van der Waals surface area (Å²) in [7, 11) is 0. The zero-order chi connectivity index (χ0) is 9.47. The first-order valence-corrected chi connectivity index (χ1v) is 5.43. The number of nitrogens with zero attached hydrogens (tertiary/aromatic N) is 1. The van der Waals surface area contributed by atoms with Gasteiger partial charge in [-0.2, -0.15) is 0 Å². The normalized spacial score (nSPS) is 19.0. The molecular formula is C9H15N3S. The average molecular weight is 197 g/mol. The number of hydrogen-bond donors (Lipinski definition) is 2. The number of hydrogen-bond acceptors (Lipinski definition) is 4. The lowest BCUT2D eigenvalue weighted by atomic mass is 10.0. The highest BCUT2D eigenvalue weighted by Crippen LogP contribution is 2.45. The van der Waals surface area contributed by atoms with Gasteiger partial charge in [0.25, 0.3) is 0 Å². The highest BCUT2D eigenvalue weighted by Gasteiger charge is 2.45. The Balaban J connectivity index is 2.06. The SMILES string of the molecule is CC(C)C1(Nc2ncc(N)s2)CC1. The molecule has 0 radical (unpaired) electrons. The Bertz CT molecular complexity index is 302. The van der Waals surface area contributed by atoms with Crippen LogP contribution in [0.4, 0.5) is 10.1 Å². The van der Waals surface area contributed by atoms with Crippen LogP contribution < -0.4 is 11.1 Å². The third kappa shape index (κ3) is 1.63. The third-order valence-electron chi connectivity index (χ3n) is 2.77. The Morgan fingerprint density at radius 2 is 2.31 bits per heavy atom. The summed E-state index contributed by atoms with van der Waals surface area (Å²) in [5, 5.41) is 5.22. The van der Waals surface area contributed by atoms with Crippen molar-refractivity contribution in [3.05, 3.63) is 6.20 Å². The van der Waals surface area contributed by atoms with E-state index in [1.54, 1.807) is 6.20 Å². The highest BCUT2D eigenvalue weighted by molar-refractivity contribution is 7.19. The number of rotatable bonds is 3. The van der Waals surface area contributed by atoms with Crippen LogP contribution in [0.5, 0.6) is 0 Å². The van der Waals surface area contributed by atoms with Crippen molar-refractivity contribution in [3.63, 3.8) is 0 Å². The molecule has 0 saturated heterocycles. The van der Waals surface area contributed by atoms with E-state index < -0.39 is 0 Å². The first-order chi connectivity index (χ1) is 6.12. The van der Waals surface area contributed by atoms with E-state index in [9.17, 15) is 0 Å². The summed E-state index contributed by atoms with van der Waals surface area (Å²) < 4.78 is 0. The molecule has 0 spiro atoms. The monoisotopic (exact) mass is 197 g/mol. The maximum Gasteiger partial charge on any atom is 0.185 e. The summed E-state index contributed by atoms with van der Waals surface area (Å²) in [6.07, 6.45) is 4.22. The first-order valence-electron chi connectivity index (χ1n) is 4.62. The summed E-state index contributed by atoms with van der Waals surface area (Å²) >= 11 is 1.53. The van der Waals surface area contributed by atoms with Crippen LogP contribution in [0, 0.1) is 5.92 Å². The Morgan fingerprint density at radius 3 is 2.69 bits per heavy atom. The van der Waals surface area contributed by atoms with E-state index in [-0.39, 0.29) is 0 Å². The standard InChI is InChI=1S/C9H15N3S/c1-6(2)9(3-4-9)12-8-11-5-7(10)13-8/h5-6H,3-4,10H2,1-2H3,(H,11,12). The Morgan fingerprint density at radius 1 is 1.62 bits per heavy atom. The number of anilines is 2. The van der Waals surface area contributed by atoms with Crippen molar-refractivity contribution in [2.45, 2.75) is 32.2 Å². The van der Waals surface area contributed by atoms with Gasteiger partial charge in [0.15, 0.2) is 5.13 Å². The molecule has 72 valence electrons. The number of aromatic nitrogens is 1. The fourth-order valence-electron chi connectivity index (χ4n) is 1.54. The van der Waals surface area contributed by atoms with Crippen LogP contribution in [0.25, 0.3) is 0 Å². The molecule has 1 saturated carbocycles. The fourth-order valence-corrected chi connectivity index (χ4v) is 2.23. The molecule has 0 aliphatic heterocycles. The largest absolute Gasteiger partial charge is 0.389 e. The van der Waals surface area contributed by atoms with E-state index in [1.807, 2.05) is 0 Å². The summed E-state index contributed by atoms with van der Waals surface area (Å²) in [6.45, 7) is 4.49. The lowest BCUT2D eigenvalue weighted by Crippen LogP contribution is -2.27. The molecule has 13 heavy (non-hydrogen) atoms. The predicted molar refractivity (Wildman–Crippen MR) is 57.0 cm³/mol. The second-order valence-electron chi connectivity index (χ2n) is 4.00. The fraction of sp³-hybridized carbons (Fsp3) is 0.667.